The van der Waals surface area contributed by atoms with Gasteiger partial charge in [-0.05, 0) is 43.5 Å². The van der Waals surface area contributed by atoms with Gasteiger partial charge in [-0.3, -0.25) is 4.79 Å². The second kappa shape index (κ2) is 9.05. The summed E-state index contributed by atoms with van der Waals surface area (Å²) >= 11 is 0. The van der Waals surface area contributed by atoms with Gasteiger partial charge < -0.3 is 4.74 Å². The summed E-state index contributed by atoms with van der Waals surface area (Å²) in [4.78, 5) is 16.1. The van der Waals surface area contributed by atoms with Gasteiger partial charge in [0.05, 0.1) is 17.3 Å². The molecule has 1 saturated heterocycles. The zero-order chi connectivity index (χ0) is 24.5. The van der Waals surface area contributed by atoms with Gasteiger partial charge in [0.2, 0.25) is 0 Å². The Balaban J connectivity index is 1.57. The molecule has 180 valence electrons. The van der Waals surface area contributed by atoms with Gasteiger partial charge in [-0.15, -0.1) is 5.10 Å². The van der Waals surface area contributed by atoms with Gasteiger partial charge in [-0.25, -0.2) is 14.3 Å². The molecule has 4 rings (SSSR count). The average Bonchev–Trinajstić information content (AvgIpc) is 3.26. The van der Waals surface area contributed by atoms with Crippen LogP contribution in [-0.2, 0) is 17.1 Å². The molecule has 0 amide bonds. The minimum Gasteiger partial charge on any atom is -0.356 e. The summed E-state index contributed by atoms with van der Waals surface area (Å²) in [5.74, 6) is -0.329. The monoisotopic (exact) mass is 485 g/mol. The maximum absolute atomic E-state index is 13.1. The largest absolute Gasteiger partial charge is 0.416 e. The van der Waals surface area contributed by atoms with Crippen LogP contribution in [0.3, 0.4) is 0 Å². The lowest BCUT2D eigenvalue weighted by Gasteiger charge is -2.23. The summed E-state index contributed by atoms with van der Waals surface area (Å²) < 4.78 is 86.4. The first-order valence-corrected chi connectivity index (χ1v) is 10.1. The van der Waals surface area contributed by atoms with Crippen LogP contribution < -0.4 is 5.56 Å². The van der Waals surface area contributed by atoms with Crippen molar-refractivity contribution in [2.75, 3.05) is 6.61 Å². The van der Waals surface area contributed by atoms with E-state index in [4.69, 9.17) is 4.74 Å². The van der Waals surface area contributed by atoms with Gasteiger partial charge in [-0.1, -0.05) is 0 Å². The fourth-order valence-corrected chi connectivity index (χ4v) is 3.38. The Kier molecular flexibility index (Phi) is 6.30. The molecule has 0 radical (unpaired) electrons. The van der Waals surface area contributed by atoms with Crippen molar-refractivity contribution >= 4 is 12.3 Å². The fourth-order valence-electron chi connectivity index (χ4n) is 3.38. The Hall–Kier alpha value is -3.48. The van der Waals surface area contributed by atoms with Crippen molar-refractivity contribution < 1.29 is 31.1 Å². The maximum Gasteiger partial charge on any atom is 0.416 e. The second-order valence-corrected chi connectivity index (χ2v) is 7.55. The van der Waals surface area contributed by atoms with Crippen molar-refractivity contribution in [3.05, 3.63) is 63.8 Å². The summed E-state index contributed by atoms with van der Waals surface area (Å²) in [6.45, 7) is 0.547. The highest BCUT2D eigenvalue weighted by Gasteiger charge is 2.37. The van der Waals surface area contributed by atoms with Gasteiger partial charge in [-0.2, -0.15) is 31.4 Å². The molecule has 0 N–H and O–H groups in total. The molecule has 1 atom stereocenters. The zero-order valence-electron chi connectivity index (χ0n) is 17.3. The Morgan fingerprint density at radius 1 is 1.00 bits per heavy atom. The average molecular weight is 485 g/mol. The molecule has 3 aromatic rings. The zero-order valence-corrected chi connectivity index (χ0v) is 17.3. The van der Waals surface area contributed by atoms with E-state index < -0.39 is 35.3 Å². The van der Waals surface area contributed by atoms with Crippen LogP contribution in [0, 0.1) is 0 Å². The molecule has 2 aromatic heterocycles. The lowest BCUT2D eigenvalue weighted by atomic mass is 10.0. The predicted octanol–water partition coefficient (Wildman–Crippen LogP) is 4.87. The number of ether oxygens (including phenoxy) is 1. The quantitative estimate of drug-likeness (QED) is 0.493. The van der Waals surface area contributed by atoms with Crippen molar-refractivity contribution in [1.82, 2.24) is 24.5 Å². The van der Waals surface area contributed by atoms with Crippen molar-refractivity contribution in [1.29, 1.82) is 0 Å². The summed E-state index contributed by atoms with van der Waals surface area (Å²) in [7, 11) is 0. The van der Waals surface area contributed by atoms with Crippen LogP contribution in [-0.4, -0.2) is 31.2 Å². The van der Waals surface area contributed by atoms with Crippen LogP contribution in [0.15, 0.2) is 41.6 Å². The Bertz CT molecular complexity index is 1220. The molecule has 1 aromatic carbocycles. The number of halogens is 6. The Morgan fingerprint density at radius 3 is 2.29 bits per heavy atom. The van der Waals surface area contributed by atoms with E-state index in [0.717, 1.165) is 23.9 Å². The molecule has 0 saturated carbocycles. The van der Waals surface area contributed by atoms with E-state index in [0.29, 0.717) is 30.7 Å². The van der Waals surface area contributed by atoms with Gasteiger partial charge in [0.25, 0.3) is 5.56 Å². The lowest BCUT2D eigenvalue weighted by Crippen LogP contribution is -2.30. The summed E-state index contributed by atoms with van der Waals surface area (Å²) in [6, 6.07) is 2.46. The van der Waals surface area contributed by atoms with Gasteiger partial charge >= 0.3 is 12.4 Å². The van der Waals surface area contributed by atoms with Crippen molar-refractivity contribution in [3.8, 4) is 11.4 Å². The number of nitrogens with zero attached hydrogens (tertiary/aromatic N) is 5. The summed E-state index contributed by atoms with van der Waals surface area (Å²) in [5.41, 5.74) is -3.33. The van der Waals surface area contributed by atoms with Crippen LogP contribution >= 0.6 is 0 Å². The van der Waals surface area contributed by atoms with E-state index in [1.165, 1.54) is 29.2 Å². The van der Waals surface area contributed by atoms with Gasteiger partial charge in [0.1, 0.15) is 6.33 Å². The first-order chi connectivity index (χ1) is 16.0. The third kappa shape index (κ3) is 5.35. The number of rotatable bonds is 4. The minimum absolute atomic E-state index is 0.0357. The molecule has 1 aliphatic heterocycles. The highest BCUT2D eigenvalue weighted by molar-refractivity contribution is 5.61. The molecule has 34 heavy (non-hydrogen) atoms. The fraction of sp³-hybridized carbons (Fsp3) is 0.333. The minimum atomic E-state index is -4.98. The maximum atomic E-state index is 13.1. The highest BCUT2D eigenvalue weighted by Crippen LogP contribution is 2.38. The molecule has 3 heterocycles. The van der Waals surface area contributed by atoms with Gasteiger partial charge in [0.15, 0.2) is 12.1 Å². The van der Waals surface area contributed by atoms with E-state index in [1.54, 1.807) is 0 Å². The molecule has 0 aliphatic carbocycles. The molecular weight excluding hydrogens is 468 g/mol. The Morgan fingerprint density at radius 2 is 1.71 bits per heavy atom. The van der Waals surface area contributed by atoms with E-state index in [1.807, 2.05) is 0 Å². The van der Waals surface area contributed by atoms with Crippen molar-refractivity contribution in [2.45, 2.75) is 37.8 Å². The van der Waals surface area contributed by atoms with Crippen LogP contribution in [0.2, 0.25) is 0 Å². The molecule has 7 nitrogen and oxygen atoms in total. The SMILES string of the molecule is O=c1cc(C=Cn2cnc(-c3cc(C(F)(F)F)cc(C(F)(F)F)c3)n2)cnn1C1CCCCO1. The number of benzene rings is 1. The first kappa shape index (κ1) is 23.7. The second-order valence-electron chi connectivity index (χ2n) is 7.55. The third-order valence-corrected chi connectivity index (χ3v) is 5.05. The van der Waals surface area contributed by atoms with E-state index >= 15 is 0 Å². The normalized spacial score (nSPS) is 17.4. The third-order valence-electron chi connectivity index (χ3n) is 5.05. The molecular formula is C21H17F6N5O2. The van der Waals surface area contributed by atoms with Gasteiger partial charge in [0, 0.05) is 30.0 Å². The van der Waals surface area contributed by atoms with Crippen LogP contribution in [0.5, 0.6) is 0 Å². The molecule has 1 aliphatic rings. The molecule has 0 spiro atoms. The topological polar surface area (TPSA) is 74.8 Å². The number of alkyl halides is 6. The van der Waals surface area contributed by atoms with Crippen LogP contribution in [0.4, 0.5) is 26.3 Å². The molecule has 0 bridgehead atoms. The number of aromatic nitrogens is 5. The summed E-state index contributed by atoms with van der Waals surface area (Å²) in [6.07, 6.45) is -2.53. The number of hydrogen-bond donors (Lipinski definition) is 0. The molecule has 13 heteroatoms. The van der Waals surface area contributed by atoms with Crippen molar-refractivity contribution in [3.63, 3.8) is 0 Å². The lowest BCUT2D eigenvalue weighted by molar-refractivity contribution is -0.143. The van der Waals surface area contributed by atoms with E-state index in [2.05, 4.69) is 15.2 Å². The Labute approximate surface area is 188 Å². The standard InChI is InChI=1S/C21H17F6N5O2/c22-20(23,24)15-8-14(9-16(10-15)21(25,26)27)19-28-12-31(30-19)5-4-13-7-17(33)32(29-11-13)18-3-1-2-6-34-18/h4-5,7-12,18H,1-3,6H2. The smallest absolute Gasteiger partial charge is 0.356 e. The van der Waals surface area contributed by atoms with Crippen LogP contribution in [0.25, 0.3) is 23.7 Å². The van der Waals surface area contributed by atoms with Crippen molar-refractivity contribution in [2.24, 2.45) is 0 Å². The first-order valence-electron chi connectivity index (χ1n) is 10.1. The molecule has 1 fully saturated rings. The molecule has 1 unspecified atom stereocenters. The summed E-state index contributed by atoms with van der Waals surface area (Å²) in [5, 5.41) is 8.02. The predicted molar refractivity (Wildman–Crippen MR) is 108 cm³/mol. The van der Waals surface area contributed by atoms with E-state index in [-0.39, 0.29) is 17.5 Å². The van der Waals surface area contributed by atoms with E-state index in [9.17, 15) is 31.1 Å². The number of hydrogen-bond acceptors (Lipinski definition) is 5. The van der Waals surface area contributed by atoms with Crippen LogP contribution in [0.1, 0.15) is 42.2 Å². The highest BCUT2D eigenvalue weighted by atomic mass is 19.4.